The molecule has 144 valence electrons. The van der Waals surface area contributed by atoms with E-state index in [9.17, 15) is 0 Å². The van der Waals surface area contributed by atoms with E-state index in [1.54, 1.807) is 11.8 Å². The number of benzene rings is 1. The second kappa shape index (κ2) is 10.3. The first-order valence-corrected chi connectivity index (χ1v) is 8.46. The third-order valence-electron chi connectivity index (χ3n) is 4.08. The zero-order chi connectivity index (χ0) is 18.3. The number of nitrogens with zero attached hydrogens (tertiary/aromatic N) is 4. The highest BCUT2D eigenvalue weighted by Gasteiger charge is 2.21. The third kappa shape index (κ3) is 6.15. The van der Waals surface area contributed by atoms with Crippen LogP contribution >= 0.6 is 24.0 Å². The molecule has 0 atom stereocenters. The molecule has 0 aliphatic rings. The minimum Gasteiger partial charge on any atom is -0.497 e. The van der Waals surface area contributed by atoms with Crippen molar-refractivity contribution in [2.45, 2.75) is 32.7 Å². The molecule has 8 heteroatoms. The molecule has 0 spiro atoms. The summed E-state index contributed by atoms with van der Waals surface area (Å²) in [5, 5.41) is 10.8. The van der Waals surface area contributed by atoms with Gasteiger partial charge in [-0.15, -0.1) is 24.0 Å². The lowest BCUT2D eigenvalue weighted by molar-refractivity contribution is 0.411. The van der Waals surface area contributed by atoms with Crippen molar-refractivity contribution in [3.05, 3.63) is 42.0 Å². The molecule has 0 radical (unpaired) electrons. The lowest BCUT2D eigenvalue weighted by atomic mass is 9.84. The minimum atomic E-state index is -0.0739. The fourth-order valence-corrected chi connectivity index (χ4v) is 2.41. The Morgan fingerprint density at radius 3 is 2.69 bits per heavy atom. The number of rotatable bonds is 7. The zero-order valence-corrected chi connectivity index (χ0v) is 18.4. The van der Waals surface area contributed by atoms with E-state index < -0.39 is 0 Å². The molecule has 2 N–H and O–H groups in total. The van der Waals surface area contributed by atoms with Gasteiger partial charge < -0.3 is 15.4 Å². The summed E-state index contributed by atoms with van der Waals surface area (Å²) in [5.41, 5.74) is 1.14. The number of guanidine groups is 1. The lowest BCUT2D eigenvalue weighted by Gasteiger charge is -2.27. The quantitative estimate of drug-likeness (QED) is 0.368. The minimum absolute atomic E-state index is 0. The molecule has 0 aliphatic heterocycles. The first-order chi connectivity index (χ1) is 12.0. The Morgan fingerprint density at radius 1 is 1.31 bits per heavy atom. The van der Waals surface area contributed by atoms with E-state index >= 15 is 0 Å². The van der Waals surface area contributed by atoms with Gasteiger partial charge in [0.25, 0.3) is 0 Å². The molecule has 7 nitrogen and oxygen atoms in total. The average molecular weight is 472 g/mol. The maximum atomic E-state index is 5.33. The van der Waals surface area contributed by atoms with Crippen LogP contribution in [0.3, 0.4) is 0 Å². The number of ether oxygens (including phenoxy) is 1. The number of nitrogens with one attached hydrogen (secondary N) is 2. The summed E-state index contributed by atoms with van der Waals surface area (Å²) >= 11 is 0. The van der Waals surface area contributed by atoms with Gasteiger partial charge in [-0.1, -0.05) is 26.0 Å². The molecule has 1 aromatic carbocycles. The zero-order valence-electron chi connectivity index (χ0n) is 16.1. The van der Waals surface area contributed by atoms with Gasteiger partial charge in [0.2, 0.25) is 0 Å². The third-order valence-corrected chi connectivity index (χ3v) is 4.08. The van der Waals surface area contributed by atoms with Gasteiger partial charge in [-0.3, -0.25) is 4.68 Å². The molecule has 1 heterocycles. The summed E-state index contributed by atoms with van der Waals surface area (Å²) in [6.45, 7) is 8.45. The van der Waals surface area contributed by atoms with Gasteiger partial charge in [-0.2, -0.15) is 5.10 Å². The van der Waals surface area contributed by atoms with Gasteiger partial charge in [0.05, 0.1) is 7.11 Å². The monoisotopic (exact) mass is 472 g/mol. The first kappa shape index (κ1) is 22.2. The number of halogens is 1. The predicted molar refractivity (Wildman–Crippen MR) is 115 cm³/mol. The molecule has 0 saturated heterocycles. The van der Waals surface area contributed by atoms with E-state index in [1.807, 2.05) is 26.1 Å². The largest absolute Gasteiger partial charge is 0.497 e. The highest BCUT2D eigenvalue weighted by Crippen LogP contribution is 2.25. The van der Waals surface area contributed by atoms with Crippen molar-refractivity contribution in [1.82, 2.24) is 25.4 Å². The van der Waals surface area contributed by atoms with Gasteiger partial charge in [0, 0.05) is 25.6 Å². The fraction of sp³-hybridized carbons (Fsp3) is 0.500. The van der Waals surface area contributed by atoms with Gasteiger partial charge in [0.1, 0.15) is 24.4 Å². The molecular weight excluding hydrogens is 443 g/mol. The molecule has 0 aliphatic carbocycles. The van der Waals surface area contributed by atoms with E-state index in [2.05, 4.69) is 51.7 Å². The topological polar surface area (TPSA) is 76.4 Å². The molecule has 2 rings (SSSR count). The van der Waals surface area contributed by atoms with Gasteiger partial charge in [0.15, 0.2) is 5.96 Å². The lowest BCUT2D eigenvalue weighted by Crippen LogP contribution is -2.43. The van der Waals surface area contributed by atoms with Gasteiger partial charge in [-0.25, -0.2) is 9.98 Å². The van der Waals surface area contributed by atoms with Crippen LogP contribution < -0.4 is 15.4 Å². The van der Waals surface area contributed by atoms with Crippen molar-refractivity contribution < 1.29 is 4.74 Å². The van der Waals surface area contributed by atoms with Crippen molar-refractivity contribution in [3.63, 3.8) is 0 Å². The Balaban J connectivity index is 0.00000338. The number of hydrogen-bond donors (Lipinski definition) is 2. The maximum absolute atomic E-state index is 5.33. The molecule has 0 unspecified atom stereocenters. The smallest absolute Gasteiger partial charge is 0.191 e. The number of methoxy groups -OCH3 is 1. The molecule has 2 aromatic rings. The van der Waals surface area contributed by atoms with Crippen LogP contribution in [-0.4, -0.2) is 40.9 Å². The summed E-state index contributed by atoms with van der Waals surface area (Å²) in [4.78, 5) is 8.79. The number of aliphatic imine (C=N–C) groups is 1. The van der Waals surface area contributed by atoms with E-state index in [-0.39, 0.29) is 29.4 Å². The SMILES string of the molecule is CCNC(=NCc1ncnn1C)NCC(C)(C)c1cccc(OC)c1.I. The Hall–Kier alpha value is -1.84. The van der Waals surface area contributed by atoms with Crippen molar-refractivity contribution in [1.29, 1.82) is 0 Å². The van der Waals surface area contributed by atoms with Gasteiger partial charge in [-0.05, 0) is 24.6 Å². The van der Waals surface area contributed by atoms with Crippen LogP contribution in [0.5, 0.6) is 5.75 Å². The van der Waals surface area contributed by atoms with Crippen LogP contribution in [0, 0.1) is 0 Å². The van der Waals surface area contributed by atoms with Crippen LogP contribution in [0.1, 0.15) is 32.2 Å². The Kier molecular flexibility index (Phi) is 8.83. The highest BCUT2D eigenvalue weighted by atomic mass is 127. The van der Waals surface area contributed by atoms with Crippen molar-refractivity contribution in [2.75, 3.05) is 20.2 Å². The van der Waals surface area contributed by atoms with Crippen molar-refractivity contribution in [3.8, 4) is 5.75 Å². The Labute approximate surface area is 172 Å². The fourth-order valence-electron chi connectivity index (χ4n) is 2.41. The van der Waals surface area contributed by atoms with Crippen LogP contribution in [-0.2, 0) is 19.0 Å². The second-order valence-corrected chi connectivity index (χ2v) is 6.46. The summed E-state index contributed by atoms with van der Waals surface area (Å²) in [6, 6.07) is 8.17. The van der Waals surface area contributed by atoms with E-state index in [1.165, 1.54) is 11.9 Å². The van der Waals surface area contributed by atoms with E-state index in [0.717, 1.165) is 30.6 Å². The number of hydrogen-bond acceptors (Lipinski definition) is 4. The molecule has 0 saturated carbocycles. The Bertz CT molecular complexity index is 713. The summed E-state index contributed by atoms with van der Waals surface area (Å²) < 4.78 is 7.06. The molecule has 1 aromatic heterocycles. The van der Waals surface area contributed by atoms with Crippen LogP contribution in [0.4, 0.5) is 0 Å². The van der Waals surface area contributed by atoms with Gasteiger partial charge >= 0.3 is 0 Å². The molecule has 26 heavy (non-hydrogen) atoms. The molecule has 0 amide bonds. The first-order valence-electron chi connectivity index (χ1n) is 8.46. The number of aryl methyl sites for hydroxylation is 1. The molecule has 0 fully saturated rings. The number of aromatic nitrogens is 3. The van der Waals surface area contributed by atoms with E-state index in [0.29, 0.717) is 6.54 Å². The second-order valence-electron chi connectivity index (χ2n) is 6.46. The van der Waals surface area contributed by atoms with Crippen molar-refractivity contribution in [2.24, 2.45) is 12.0 Å². The normalized spacial score (nSPS) is 11.7. The predicted octanol–water partition coefficient (Wildman–Crippen LogP) is 2.47. The Morgan fingerprint density at radius 2 is 2.08 bits per heavy atom. The highest BCUT2D eigenvalue weighted by molar-refractivity contribution is 14.0. The summed E-state index contributed by atoms with van der Waals surface area (Å²) in [6.07, 6.45) is 1.54. The molecule has 0 bridgehead atoms. The molecular formula is C18H29IN6O. The summed E-state index contributed by atoms with van der Waals surface area (Å²) in [5.74, 6) is 2.46. The average Bonchev–Trinajstić information content (AvgIpc) is 3.02. The van der Waals surface area contributed by atoms with Crippen LogP contribution in [0.25, 0.3) is 0 Å². The van der Waals surface area contributed by atoms with Crippen molar-refractivity contribution >= 4 is 29.9 Å². The van der Waals surface area contributed by atoms with Crippen LogP contribution in [0.15, 0.2) is 35.6 Å². The van der Waals surface area contributed by atoms with Crippen LogP contribution in [0.2, 0.25) is 0 Å². The summed E-state index contributed by atoms with van der Waals surface area (Å²) in [7, 11) is 3.55. The maximum Gasteiger partial charge on any atom is 0.191 e. The standard InChI is InChI=1S/C18H28N6O.HI/c1-6-19-17(20-11-16-22-13-23-24(16)4)21-12-18(2,3)14-8-7-9-15(10-14)25-5;/h7-10,13H,6,11-12H2,1-5H3,(H2,19,20,21);1H. The van der Waals surface area contributed by atoms with E-state index in [4.69, 9.17) is 4.74 Å².